The van der Waals surface area contributed by atoms with Gasteiger partial charge in [0.2, 0.25) is 0 Å². The number of rotatable bonds is 4. The van der Waals surface area contributed by atoms with E-state index < -0.39 is 0 Å². The largest absolute Gasteiger partial charge is 0.374 e. The van der Waals surface area contributed by atoms with Gasteiger partial charge in [-0.05, 0) is 36.1 Å². The van der Waals surface area contributed by atoms with E-state index in [4.69, 9.17) is 0 Å². The third kappa shape index (κ3) is 3.50. The number of carbonyl (C=O) groups is 1. The lowest BCUT2D eigenvalue weighted by Crippen LogP contribution is -2.24. The molecule has 0 radical (unpaired) electrons. The van der Waals surface area contributed by atoms with E-state index in [1.54, 1.807) is 6.08 Å². The van der Waals surface area contributed by atoms with Crippen molar-refractivity contribution in [2.45, 2.75) is 32.1 Å². The SMILES string of the molecule is O=C(/C=C\C1=C(N2CCCCCC2)Cc2ccccc21)c1ccccc1. The van der Waals surface area contributed by atoms with Gasteiger partial charge in [0.1, 0.15) is 0 Å². The van der Waals surface area contributed by atoms with Gasteiger partial charge in [-0.3, -0.25) is 4.79 Å². The summed E-state index contributed by atoms with van der Waals surface area (Å²) >= 11 is 0. The van der Waals surface area contributed by atoms with Crippen molar-refractivity contribution in [3.05, 3.63) is 89.1 Å². The van der Waals surface area contributed by atoms with Gasteiger partial charge in [0, 0.05) is 36.3 Å². The minimum absolute atomic E-state index is 0.0673. The molecule has 0 spiro atoms. The smallest absolute Gasteiger partial charge is 0.185 e. The number of hydrogen-bond acceptors (Lipinski definition) is 2. The van der Waals surface area contributed by atoms with Gasteiger partial charge < -0.3 is 4.90 Å². The molecule has 1 heterocycles. The van der Waals surface area contributed by atoms with Gasteiger partial charge in [0.15, 0.2) is 5.78 Å². The lowest BCUT2D eigenvalue weighted by atomic mass is 10.0. The molecule has 0 bridgehead atoms. The molecule has 0 unspecified atom stereocenters. The second-order valence-corrected chi connectivity index (χ2v) is 7.16. The second kappa shape index (κ2) is 7.74. The molecule has 132 valence electrons. The fourth-order valence-corrected chi connectivity index (χ4v) is 4.03. The average Bonchev–Trinajstić information content (AvgIpc) is 2.86. The van der Waals surface area contributed by atoms with Crippen LogP contribution in [-0.2, 0) is 6.42 Å². The third-order valence-electron chi connectivity index (χ3n) is 5.42. The molecule has 0 amide bonds. The lowest BCUT2D eigenvalue weighted by molar-refractivity contribution is 0.104. The maximum absolute atomic E-state index is 12.5. The number of carbonyl (C=O) groups excluding carboxylic acids is 1. The van der Waals surface area contributed by atoms with Crippen molar-refractivity contribution >= 4 is 11.4 Å². The van der Waals surface area contributed by atoms with E-state index in [9.17, 15) is 4.79 Å². The molecule has 0 saturated carbocycles. The summed E-state index contributed by atoms with van der Waals surface area (Å²) in [6, 6.07) is 18.1. The maximum Gasteiger partial charge on any atom is 0.185 e. The van der Waals surface area contributed by atoms with Gasteiger partial charge in [0.25, 0.3) is 0 Å². The normalized spacial score (nSPS) is 17.5. The molecule has 26 heavy (non-hydrogen) atoms. The molecule has 2 aliphatic rings. The van der Waals surface area contributed by atoms with Crippen molar-refractivity contribution in [2.75, 3.05) is 13.1 Å². The van der Waals surface area contributed by atoms with Crippen LogP contribution in [0.4, 0.5) is 0 Å². The number of hydrogen-bond donors (Lipinski definition) is 0. The van der Waals surface area contributed by atoms with Gasteiger partial charge in [0.05, 0.1) is 0 Å². The molecule has 2 aromatic carbocycles. The highest BCUT2D eigenvalue weighted by molar-refractivity contribution is 6.06. The Bertz CT molecular complexity index is 840. The fraction of sp³-hybridized carbons (Fsp3) is 0.292. The number of nitrogens with zero attached hydrogens (tertiary/aromatic N) is 1. The number of benzene rings is 2. The highest BCUT2D eigenvalue weighted by Crippen LogP contribution is 2.36. The van der Waals surface area contributed by atoms with Gasteiger partial charge in [-0.1, -0.05) is 67.4 Å². The van der Waals surface area contributed by atoms with Crippen LogP contribution in [-0.4, -0.2) is 23.8 Å². The zero-order valence-electron chi connectivity index (χ0n) is 15.2. The van der Waals surface area contributed by atoms with Gasteiger partial charge in [-0.15, -0.1) is 0 Å². The predicted molar refractivity (Wildman–Crippen MR) is 107 cm³/mol. The molecule has 1 aliphatic heterocycles. The Labute approximate surface area is 155 Å². The van der Waals surface area contributed by atoms with Crippen molar-refractivity contribution in [1.82, 2.24) is 4.90 Å². The van der Waals surface area contributed by atoms with Crippen LogP contribution in [0.2, 0.25) is 0 Å². The van der Waals surface area contributed by atoms with Crippen molar-refractivity contribution in [1.29, 1.82) is 0 Å². The highest BCUT2D eigenvalue weighted by Gasteiger charge is 2.24. The van der Waals surface area contributed by atoms with Crippen molar-refractivity contribution in [3.63, 3.8) is 0 Å². The van der Waals surface area contributed by atoms with E-state index >= 15 is 0 Å². The minimum atomic E-state index is 0.0673. The summed E-state index contributed by atoms with van der Waals surface area (Å²) in [5, 5.41) is 0. The Kier molecular flexibility index (Phi) is 5.01. The molecular formula is C24H25NO. The van der Waals surface area contributed by atoms with Crippen LogP contribution in [0.15, 0.2) is 72.4 Å². The first-order valence-corrected chi connectivity index (χ1v) is 9.67. The van der Waals surface area contributed by atoms with E-state index in [-0.39, 0.29) is 5.78 Å². The first-order chi connectivity index (χ1) is 12.8. The zero-order valence-corrected chi connectivity index (χ0v) is 15.2. The first-order valence-electron chi connectivity index (χ1n) is 9.67. The van der Waals surface area contributed by atoms with Crippen LogP contribution in [0.3, 0.4) is 0 Å². The van der Waals surface area contributed by atoms with E-state index in [2.05, 4.69) is 29.2 Å². The summed E-state index contributed by atoms with van der Waals surface area (Å²) in [4.78, 5) is 15.1. The van der Waals surface area contributed by atoms with E-state index in [1.807, 2.05) is 36.4 Å². The molecule has 0 atom stereocenters. The van der Waals surface area contributed by atoms with Crippen molar-refractivity contribution in [3.8, 4) is 0 Å². The van der Waals surface area contributed by atoms with Gasteiger partial charge in [-0.2, -0.15) is 0 Å². The molecule has 1 saturated heterocycles. The summed E-state index contributed by atoms with van der Waals surface area (Å²) in [6.45, 7) is 2.26. The van der Waals surface area contributed by atoms with Crippen molar-refractivity contribution < 1.29 is 4.79 Å². The first kappa shape index (κ1) is 16.8. The molecule has 1 fully saturated rings. The fourth-order valence-electron chi connectivity index (χ4n) is 4.03. The molecule has 0 aromatic heterocycles. The quantitative estimate of drug-likeness (QED) is 0.557. The Morgan fingerprint density at radius 1 is 0.846 bits per heavy atom. The molecule has 2 heteroatoms. The molecule has 1 aliphatic carbocycles. The summed E-state index contributed by atoms with van der Waals surface area (Å²) in [7, 11) is 0. The number of ketones is 1. The number of allylic oxidation sites excluding steroid dienone is 4. The molecule has 2 aromatic rings. The molecule has 0 N–H and O–H groups in total. The lowest BCUT2D eigenvalue weighted by Gasteiger charge is -2.25. The molecule has 2 nitrogen and oxygen atoms in total. The maximum atomic E-state index is 12.5. The zero-order chi connectivity index (χ0) is 17.8. The van der Waals surface area contributed by atoms with Crippen LogP contribution in [0.5, 0.6) is 0 Å². The Balaban J connectivity index is 1.66. The van der Waals surface area contributed by atoms with Crippen molar-refractivity contribution in [2.24, 2.45) is 0 Å². The summed E-state index contributed by atoms with van der Waals surface area (Å²) < 4.78 is 0. The molecule has 4 rings (SSSR count). The Morgan fingerprint density at radius 2 is 1.54 bits per heavy atom. The van der Waals surface area contributed by atoms with Crippen LogP contribution in [0.25, 0.3) is 5.57 Å². The number of fused-ring (bicyclic) bond motifs is 1. The van der Waals surface area contributed by atoms with Crippen LogP contribution in [0, 0.1) is 0 Å². The Hall–Kier alpha value is -2.61. The summed E-state index contributed by atoms with van der Waals surface area (Å²) in [5.41, 5.74) is 6.02. The second-order valence-electron chi connectivity index (χ2n) is 7.16. The van der Waals surface area contributed by atoms with Gasteiger partial charge >= 0.3 is 0 Å². The van der Waals surface area contributed by atoms with Gasteiger partial charge in [-0.25, -0.2) is 0 Å². The average molecular weight is 343 g/mol. The number of likely N-dealkylation sites (tertiary alicyclic amines) is 1. The standard InChI is InChI=1S/C24H25NO/c26-24(19-10-4-3-5-11-19)15-14-22-21-13-7-6-12-20(21)18-23(22)25-16-8-1-2-9-17-25/h3-7,10-15H,1-2,8-9,16-18H2/b15-14-. The van der Waals surface area contributed by atoms with E-state index in [1.165, 1.54) is 48.1 Å². The van der Waals surface area contributed by atoms with Crippen LogP contribution < -0.4 is 0 Å². The Morgan fingerprint density at radius 3 is 2.31 bits per heavy atom. The third-order valence-corrected chi connectivity index (χ3v) is 5.42. The van der Waals surface area contributed by atoms with Crippen LogP contribution >= 0.6 is 0 Å². The summed E-state index contributed by atoms with van der Waals surface area (Å²) in [6.07, 6.45) is 9.95. The molecular weight excluding hydrogens is 318 g/mol. The van der Waals surface area contributed by atoms with E-state index in [0.717, 1.165) is 25.1 Å². The summed E-state index contributed by atoms with van der Waals surface area (Å²) in [5.74, 6) is 0.0673. The topological polar surface area (TPSA) is 20.3 Å². The predicted octanol–water partition coefficient (Wildman–Crippen LogP) is 5.27. The highest BCUT2D eigenvalue weighted by atomic mass is 16.1. The minimum Gasteiger partial charge on any atom is -0.374 e. The monoisotopic (exact) mass is 343 g/mol. The van der Waals surface area contributed by atoms with Crippen LogP contribution in [0.1, 0.15) is 47.2 Å². The van der Waals surface area contributed by atoms with E-state index in [0.29, 0.717) is 0 Å².